The predicted octanol–water partition coefficient (Wildman–Crippen LogP) is 2.17. The molecule has 3 rings (SSSR count). The van der Waals surface area contributed by atoms with Crippen LogP contribution in [-0.2, 0) is 13.1 Å². The van der Waals surface area contributed by atoms with Crippen LogP contribution in [0.15, 0.2) is 36.9 Å². The van der Waals surface area contributed by atoms with Gasteiger partial charge >= 0.3 is 0 Å². The van der Waals surface area contributed by atoms with Crippen molar-refractivity contribution in [2.75, 3.05) is 5.73 Å². The number of aromatic nitrogens is 4. The summed E-state index contributed by atoms with van der Waals surface area (Å²) in [7, 11) is 0. The SMILES string of the molecule is N#Cc1cccc2c1nc(N)n2CCCCn1ccnc1. The van der Waals surface area contributed by atoms with Crippen LogP contribution in [0.25, 0.3) is 11.0 Å². The fourth-order valence-electron chi connectivity index (χ4n) is 2.47. The van der Waals surface area contributed by atoms with Gasteiger partial charge in [-0.25, -0.2) is 9.97 Å². The third-order valence-electron chi connectivity index (χ3n) is 3.54. The third-order valence-corrected chi connectivity index (χ3v) is 3.54. The van der Waals surface area contributed by atoms with Crippen molar-refractivity contribution in [2.24, 2.45) is 0 Å². The average molecular weight is 280 g/mol. The van der Waals surface area contributed by atoms with Crippen molar-refractivity contribution in [1.29, 1.82) is 5.26 Å². The number of para-hydroxylation sites is 1. The number of nitrogens with zero attached hydrogens (tertiary/aromatic N) is 5. The van der Waals surface area contributed by atoms with E-state index in [1.165, 1.54) is 0 Å². The number of hydrogen-bond donors (Lipinski definition) is 1. The summed E-state index contributed by atoms with van der Waals surface area (Å²) >= 11 is 0. The molecule has 0 aliphatic rings. The second-order valence-electron chi connectivity index (χ2n) is 4.91. The number of fused-ring (bicyclic) bond motifs is 1. The summed E-state index contributed by atoms with van der Waals surface area (Å²) in [6.45, 7) is 1.74. The summed E-state index contributed by atoms with van der Waals surface area (Å²) in [6.07, 6.45) is 7.59. The Bertz CT molecular complexity index is 778. The highest BCUT2D eigenvalue weighted by molar-refractivity contribution is 5.83. The molecule has 2 aromatic heterocycles. The first kappa shape index (κ1) is 13.2. The molecule has 3 aromatic rings. The molecule has 21 heavy (non-hydrogen) atoms. The van der Waals surface area contributed by atoms with E-state index in [0.717, 1.165) is 31.4 Å². The van der Waals surface area contributed by atoms with Gasteiger partial charge < -0.3 is 14.9 Å². The Hall–Kier alpha value is -2.81. The molecule has 1 aromatic carbocycles. The van der Waals surface area contributed by atoms with Crippen LogP contribution in [0.3, 0.4) is 0 Å². The molecule has 6 heteroatoms. The van der Waals surface area contributed by atoms with Gasteiger partial charge in [0, 0.05) is 25.5 Å². The van der Waals surface area contributed by atoms with E-state index < -0.39 is 0 Å². The molecule has 2 heterocycles. The van der Waals surface area contributed by atoms with E-state index in [-0.39, 0.29) is 0 Å². The Labute approximate surface area is 122 Å². The Morgan fingerprint density at radius 2 is 2.10 bits per heavy atom. The zero-order valence-electron chi connectivity index (χ0n) is 11.6. The molecule has 0 aliphatic heterocycles. The number of unbranched alkanes of at least 4 members (excludes halogenated alkanes) is 1. The van der Waals surface area contributed by atoms with Gasteiger partial charge in [0.15, 0.2) is 0 Å². The van der Waals surface area contributed by atoms with Crippen molar-refractivity contribution in [3.05, 3.63) is 42.5 Å². The van der Waals surface area contributed by atoms with Crippen molar-refractivity contribution < 1.29 is 0 Å². The predicted molar refractivity (Wildman–Crippen MR) is 80.3 cm³/mol. The van der Waals surface area contributed by atoms with Crippen molar-refractivity contribution in [1.82, 2.24) is 19.1 Å². The van der Waals surface area contributed by atoms with Crippen LogP contribution in [0, 0.1) is 11.3 Å². The lowest BCUT2D eigenvalue weighted by atomic mass is 10.2. The Morgan fingerprint density at radius 3 is 2.86 bits per heavy atom. The smallest absolute Gasteiger partial charge is 0.201 e. The number of imidazole rings is 2. The van der Waals surface area contributed by atoms with Gasteiger partial charge in [-0.05, 0) is 25.0 Å². The normalized spacial score (nSPS) is 10.8. The van der Waals surface area contributed by atoms with Gasteiger partial charge in [-0.2, -0.15) is 5.26 Å². The lowest BCUT2D eigenvalue weighted by Gasteiger charge is -2.07. The van der Waals surface area contributed by atoms with E-state index >= 15 is 0 Å². The molecular weight excluding hydrogens is 264 g/mol. The number of rotatable bonds is 5. The van der Waals surface area contributed by atoms with Crippen molar-refractivity contribution in [3.63, 3.8) is 0 Å². The van der Waals surface area contributed by atoms with Gasteiger partial charge in [0.25, 0.3) is 0 Å². The molecule has 0 saturated carbocycles. The summed E-state index contributed by atoms with van der Waals surface area (Å²) < 4.78 is 4.03. The number of nitrogens with two attached hydrogens (primary N) is 1. The zero-order chi connectivity index (χ0) is 14.7. The highest BCUT2D eigenvalue weighted by Crippen LogP contribution is 2.21. The van der Waals surface area contributed by atoms with Crippen LogP contribution >= 0.6 is 0 Å². The highest BCUT2D eigenvalue weighted by atomic mass is 15.1. The second-order valence-corrected chi connectivity index (χ2v) is 4.91. The molecule has 0 spiro atoms. The standard InChI is InChI=1S/C15H16N6/c16-10-12-4-3-5-13-14(12)19-15(17)21(13)8-2-1-7-20-9-6-18-11-20/h3-6,9,11H,1-2,7-8H2,(H2,17,19). The third kappa shape index (κ3) is 2.58. The number of benzene rings is 1. The molecule has 6 nitrogen and oxygen atoms in total. The van der Waals surface area contributed by atoms with E-state index in [9.17, 15) is 0 Å². The first-order valence-corrected chi connectivity index (χ1v) is 6.90. The zero-order valence-corrected chi connectivity index (χ0v) is 11.6. The summed E-state index contributed by atoms with van der Waals surface area (Å²) in [4.78, 5) is 8.34. The largest absolute Gasteiger partial charge is 0.369 e. The molecule has 2 N–H and O–H groups in total. The molecular formula is C15H16N6. The van der Waals surface area contributed by atoms with Crippen molar-refractivity contribution in [3.8, 4) is 6.07 Å². The topological polar surface area (TPSA) is 85.5 Å². The van der Waals surface area contributed by atoms with Crippen LogP contribution in [-0.4, -0.2) is 19.1 Å². The van der Waals surface area contributed by atoms with Gasteiger partial charge in [-0.1, -0.05) is 6.07 Å². The van der Waals surface area contributed by atoms with Gasteiger partial charge in [0.1, 0.15) is 11.6 Å². The Morgan fingerprint density at radius 1 is 1.24 bits per heavy atom. The summed E-state index contributed by atoms with van der Waals surface area (Å²) in [5, 5.41) is 9.11. The van der Waals surface area contributed by atoms with Crippen LogP contribution in [0.5, 0.6) is 0 Å². The fourth-order valence-corrected chi connectivity index (χ4v) is 2.47. The molecule has 106 valence electrons. The van der Waals surface area contributed by atoms with E-state index in [2.05, 4.69) is 20.6 Å². The van der Waals surface area contributed by atoms with E-state index in [1.54, 1.807) is 12.3 Å². The lowest BCUT2D eigenvalue weighted by molar-refractivity contribution is 0.562. The van der Waals surface area contributed by atoms with Gasteiger partial charge in [0.05, 0.1) is 17.4 Å². The van der Waals surface area contributed by atoms with Gasteiger partial charge in [0.2, 0.25) is 5.95 Å². The quantitative estimate of drug-likeness (QED) is 0.726. The maximum Gasteiger partial charge on any atom is 0.201 e. The number of aryl methyl sites for hydroxylation is 2. The number of nitriles is 1. The van der Waals surface area contributed by atoms with E-state index in [0.29, 0.717) is 17.0 Å². The first-order valence-electron chi connectivity index (χ1n) is 6.90. The van der Waals surface area contributed by atoms with Gasteiger partial charge in [-0.15, -0.1) is 0 Å². The van der Waals surface area contributed by atoms with Crippen LogP contribution in [0.2, 0.25) is 0 Å². The molecule has 0 amide bonds. The lowest BCUT2D eigenvalue weighted by Crippen LogP contribution is -2.04. The first-order chi connectivity index (χ1) is 10.3. The number of nitrogen functional groups attached to an aromatic ring is 1. The number of anilines is 1. The van der Waals surface area contributed by atoms with E-state index in [4.69, 9.17) is 11.0 Å². The highest BCUT2D eigenvalue weighted by Gasteiger charge is 2.10. The van der Waals surface area contributed by atoms with Crippen LogP contribution < -0.4 is 5.73 Å². The molecule has 0 aliphatic carbocycles. The van der Waals surface area contributed by atoms with Gasteiger partial charge in [-0.3, -0.25) is 0 Å². The number of hydrogen-bond acceptors (Lipinski definition) is 4. The molecule has 0 unspecified atom stereocenters. The minimum absolute atomic E-state index is 0.468. The maximum atomic E-state index is 9.11. The second kappa shape index (κ2) is 5.67. The summed E-state index contributed by atoms with van der Waals surface area (Å²) in [6, 6.07) is 7.74. The monoisotopic (exact) mass is 280 g/mol. The average Bonchev–Trinajstić information content (AvgIpc) is 3.11. The maximum absolute atomic E-state index is 9.11. The molecule has 0 fully saturated rings. The molecule has 0 radical (unpaired) electrons. The van der Waals surface area contributed by atoms with Crippen molar-refractivity contribution >= 4 is 17.0 Å². The molecule has 0 bridgehead atoms. The Balaban J connectivity index is 1.72. The van der Waals surface area contributed by atoms with Crippen LogP contribution in [0.1, 0.15) is 18.4 Å². The summed E-state index contributed by atoms with van der Waals surface area (Å²) in [5.74, 6) is 0.468. The van der Waals surface area contributed by atoms with Crippen molar-refractivity contribution in [2.45, 2.75) is 25.9 Å². The molecule has 0 atom stereocenters. The summed E-state index contributed by atoms with van der Waals surface area (Å²) in [5.41, 5.74) is 8.16. The minimum atomic E-state index is 0.468. The van der Waals surface area contributed by atoms with Crippen LogP contribution in [0.4, 0.5) is 5.95 Å². The van der Waals surface area contributed by atoms with E-state index in [1.807, 2.05) is 29.2 Å². The minimum Gasteiger partial charge on any atom is -0.369 e. The Kier molecular flexibility index (Phi) is 3.56. The molecule has 0 saturated heterocycles. The fraction of sp³-hybridized carbons (Fsp3) is 0.267.